The van der Waals surface area contributed by atoms with Crippen LogP contribution in [0.15, 0.2) is 36.4 Å². The summed E-state index contributed by atoms with van der Waals surface area (Å²) in [5, 5.41) is 15.6. The highest BCUT2D eigenvalue weighted by atomic mass is 16.3. The van der Waals surface area contributed by atoms with Gasteiger partial charge < -0.3 is 10.4 Å². The highest BCUT2D eigenvalue weighted by Gasteiger charge is 2.13. The van der Waals surface area contributed by atoms with Crippen LogP contribution in [0.5, 0.6) is 5.75 Å². The van der Waals surface area contributed by atoms with E-state index >= 15 is 0 Å². The van der Waals surface area contributed by atoms with E-state index in [-0.39, 0.29) is 0 Å². The maximum Gasteiger partial charge on any atom is 0.123 e. The van der Waals surface area contributed by atoms with Crippen LogP contribution in [0.3, 0.4) is 0 Å². The standard InChI is InChI=1S/C17H21NO/c19-17-12-6-9-14-15(17)10-5-11-16(14)18-13-7-3-1-2-4-8-13/h5-6,9-13,18-19H,1-4,7-8H2. The summed E-state index contributed by atoms with van der Waals surface area (Å²) >= 11 is 0. The van der Waals surface area contributed by atoms with E-state index in [1.54, 1.807) is 6.07 Å². The van der Waals surface area contributed by atoms with Crippen LogP contribution in [-0.2, 0) is 0 Å². The second kappa shape index (κ2) is 5.52. The van der Waals surface area contributed by atoms with E-state index in [1.807, 2.05) is 18.2 Å². The van der Waals surface area contributed by atoms with E-state index in [0.717, 1.165) is 16.5 Å². The van der Waals surface area contributed by atoms with Crippen molar-refractivity contribution in [3.63, 3.8) is 0 Å². The van der Waals surface area contributed by atoms with Gasteiger partial charge in [0.15, 0.2) is 0 Å². The molecule has 1 fully saturated rings. The zero-order chi connectivity index (χ0) is 13.1. The maximum atomic E-state index is 9.92. The van der Waals surface area contributed by atoms with E-state index in [4.69, 9.17) is 0 Å². The van der Waals surface area contributed by atoms with E-state index in [0.29, 0.717) is 11.8 Å². The Morgan fingerprint density at radius 2 is 1.53 bits per heavy atom. The number of phenolic OH excluding ortho intramolecular Hbond substituents is 1. The number of hydrogen-bond donors (Lipinski definition) is 2. The smallest absolute Gasteiger partial charge is 0.123 e. The highest BCUT2D eigenvalue weighted by Crippen LogP contribution is 2.31. The van der Waals surface area contributed by atoms with Crippen molar-refractivity contribution >= 4 is 16.5 Å². The molecule has 0 spiro atoms. The van der Waals surface area contributed by atoms with Gasteiger partial charge in [0.05, 0.1) is 0 Å². The number of hydrogen-bond acceptors (Lipinski definition) is 2. The van der Waals surface area contributed by atoms with Crippen molar-refractivity contribution in [1.82, 2.24) is 0 Å². The summed E-state index contributed by atoms with van der Waals surface area (Å²) in [6.07, 6.45) is 7.91. The van der Waals surface area contributed by atoms with Crippen LogP contribution in [0.2, 0.25) is 0 Å². The average molecular weight is 255 g/mol. The topological polar surface area (TPSA) is 32.3 Å². The molecule has 2 N–H and O–H groups in total. The molecule has 1 aliphatic carbocycles. The van der Waals surface area contributed by atoms with Gasteiger partial charge in [0.2, 0.25) is 0 Å². The summed E-state index contributed by atoms with van der Waals surface area (Å²) in [7, 11) is 0. The summed E-state index contributed by atoms with van der Waals surface area (Å²) in [5.74, 6) is 0.363. The third-order valence-electron chi connectivity index (χ3n) is 4.11. The maximum absolute atomic E-state index is 9.92. The second-order valence-corrected chi connectivity index (χ2v) is 5.51. The molecule has 0 bridgehead atoms. The van der Waals surface area contributed by atoms with Gasteiger partial charge >= 0.3 is 0 Å². The molecule has 1 aliphatic rings. The Morgan fingerprint density at radius 1 is 0.842 bits per heavy atom. The Labute approximate surface area is 114 Å². The molecule has 2 aromatic carbocycles. The van der Waals surface area contributed by atoms with Gasteiger partial charge in [0.1, 0.15) is 5.75 Å². The molecule has 0 heterocycles. The molecule has 1 saturated carbocycles. The highest BCUT2D eigenvalue weighted by molar-refractivity contribution is 5.97. The zero-order valence-corrected chi connectivity index (χ0v) is 11.2. The fraction of sp³-hybridized carbons (Fsp3) is 0.412. The first-order chi connectivity index (χ1) is 9.34. The number of fused-ring (bicyclic) bond motifs is 1. The number of phenols is 1. The summed E-state index contributed by atoms with van der Waals surface area (Å²) in [6, 6.07) is 12.4. The number of nitrogens with one attached hydrogen (secondary N) is 1. The van der Waals surface area contributed by atoms with Crippen LogP contribution in [-0.4, -0.2) is 11.1 Å². The third-order valence-corrected chi connectivity index (χ3v) is 4.11. The zero-order valence-electron chi connectivity index (χ0n) is 11.2. The van der Waals surface area contributed by atoms with Crippen LogP contribution >= 0.6 is 0 Å². The Balaban J connectivity index is 1.90. The van der Waals surface area contributed by atoms with Crippen molar-refractivity contribution in [3.8, 4) is 5.75 Å². The number of rotatable bonds is 2. The van der Waals surface area contributed by atoms with Crippen molar-refractivity contribution in [2.24, 2.45) is 0 Å². The lowest BCUT2D eigenvalue weighted by molar-refractivity contribution is 0.481. The molecule has 2 nitrogen and oxygen atoms in total. The van der Waals surface area contributed by atoms with Gasteiger partial charge in [0, 0.05) is 22.5 Å². The number of aromatic hydroxyl groups is 1. The average Bonchev–Trinajstić information content (AvgIpc) is 2.69. The van der Waals surface area contributed by atoms with E-state index in [2.05, 4.69) is 17.4 Å². The molecule has 19 heavy (non-hydrogen) atoms. The SMILES string of the molecule is Oc1cccc2c(NC3CCCCCC3)cccc12. The Bertz CT molecular complexity index is 556. The van der Waals surface area contributed by atoms with Crippen molar-refractivity contribution in [2.75, 3.05) is 5.32 Å². The molecule has 0 aliphatic heterocycles. The first kappa shape index (κ1) is 12.3. The quantitative estimate of drug-likeness (QED) is 0.764. The molecular weight excluding hydrogens is 234 g/mol. The minimum Gasteiger partial charge on any atom is -0.507 e. The summed E-state index contributed by atoms with van der Waals surface area (Å²) < 4.78 is 0. The van der Waals surface area contributed by atoms with Gasteiger partial charge in [-0.3, -0.25) is 0 Å². The molecule has 0 unspecified atom stereocenters. The van der Waals surface area contributed by atoms with Crippen molar-refractivity contribution in [3.05, 3.63) is 36.4 Å². The van der Waals surface area contributed by atoms with Crippen LogP contribution in [0.25, 0.3) is 10.8 Å². The molecule has 100 valence electrons. The molecule has 0 radical (unpaired) electrons. The van der Waals surface area contributed by atoms with Gasteiger partial charge in [-0.15, -0.1) is 0 Å². The van der Waals surface area contributed by atoms with Crippen LogP contribution < -0.4 is 5.32 Å². The summed E-state index contributed by atoms with van der Waals surface area (Å²) in [4.78, 5) is 0. The molecule has 0 amide bonds. The molecule has 0 atom stereocenters. The monoisotopic (exact) mass is 255 g/mol. The minimum absolute atomic E-state index is 0.363. The molecule has 2 heteroatoms. The van der Waals surface area contributed by atoms with Gasteiger partial charge in [-0.05, 0) is 25.0 Å². The lowest BCUT2D eigenvalue weighted by atomic mass is 10.0. The van der Waals surface area contributed by atoms with Gasteiger partial charge in [-0.1, -0.05) is 49.9 Å². The predicted molar refractivity (Wildman–Crippen MR) is 80.7 cm³/mol. The van der Waals surface area contributed by atoms with Crippen LogP contribution in [0, 0.1) is 0 Å². The lowest BCUT2D eigenvalue weighted by Gasteiger charge is -2.19. The first-order valence-electron chi connectivity index (χ1n) is 7.32. The largest absolute Gasteiger partial charge is 0.507 e. The Morgan fingerprint density at radius 3 is 2.32 bits per heavy atom. The van der Waals surface area contributed by atoms with Gasteiger partial charge in [0.25, 0.3) is 0 Å². The van der Waals surface area contributed by atoms with Gasteiger partial charge in [-0.25, -0.2) is 0 Å². The second-order valence-electron chi connectivity index (χ2n) is 5.51. The molecule has 0 saturated heterocycles. The van der Waals surface area contributed by atoms with Crippen LogP contribution in [0.1, 0.15) is 38.5 Å². The van der Waals surface area contributed by atoms with Crippen LogP contribution in [0.4, 0.5) is 5.69 Å². The normalized spacial score (nSPS) is 17.3. The molecule has 3 rings (SSSR count). The molecule has 0 aromatic heterocycles. The Hall–Kier alpha value is -1.70. The molecule has 2 aromatic rings. The van der Waals surface area contributed by atoms with E-state index in [1.165, 1.54) is 38.5 Å². The third kappa shape index (κ3) is 2.67. The van der Waals surface area contributed by atoms with Gasteiger partial charge in [-0.2, -0.15) is 0 Å². The van der Waals surface area contributed by atoms with Crippen molar-refractivity contribution < 1.29 is 5.11 Å². The van der Waals surface area contributed by atoms with E-state index in [9.17, 15) is 5.11 Å². The molecular formula is C17H21NO. The van der Waals surface area contributed by atoms with Crippen molar-refractivity contribution in [1.29, 1.82) is 0 Å². The Kier molecular flexibility index (Phi) is 3.58. The van der Waals surface area contributed by atoms with E-state index < -0.39 is 0 Å². The first-order valence-corrected chi connectivity index (χ1v) is 7.32. The lowest BCUT2D eigenvalue weighted by Crippen LogP contribution is -2.18. The fourth-order valence-electron chi connectivity index (χ4n) is 3.06. The predicted octanol–water partition coefficient (Wildman–Crippen LogP) is 4.68. The number of benzene rings is 2. The fourth-order valence-corrected chi connectivity index (χ4v) is 3.06. The number of anilines is 1. The summed E-state index contributed by atoms with van der Waals surface area (Å²) in [5.41, 5.74) is 1.15. The summed E-state index contributed by atoms with van der Waals surface area (Å²) in [6.45, 7) is 0. The van der Waals surface area contributed by atoms with Crippen molar-refractivity contribution in [2.45, 2.75) is 44.6 Å². The minimum atomic E-state index is 0.363.